The number of ether oxygens (including phenoxy) is 2. The van der Waals surface area contributed by atoms with E-state index in [2.05, 4.69) is 10.6 Å². The number of benzene rings is 1. The minimum Gasteiger partial charge on any atom is -0.467 e. The van der Waals surface area contributed by atoms with Crippen LogP contribution in [0.4, 0.5) is 4.79 Å². The van der Waals surface area contributed by atoms with Gasteiger partial charge in [0.25, 0.3) is 0 Å². The van der Waals surface area contributed by atoms with E-state index in [4.69, 9.17) is 15.2 Å². The third-order valence-electron chi connectivity index (χ3n) is 4.04. The first kappa shape index (κ1) is 24.4. The molecule has 0 bridgehead atoms. The third-order valence-corrected chi connectivity index (χ3v) is 4.04. The van der Waals surface area contributed by atoms with E-state index < -0.39 is 35.7 Å². The van der Waals surface area contributed by atoms with Crippen molar-refractivity contribution in [1.82, 2.24) is 10.6 Å². The van der Waals surface area contributed by atoms with Crippen molar-refractivity contribution in [3.63, 3.8) is 0 Å². The van der Waals surface area contributed by atoms with Crippen molar-refractivity contribution < 1.29 is 23.9 Å². The van der Waals surface area contributed by atoms with Gasteiger partial charge in [-0.15, -0.1) is 0 Å². The predicted molar refractivity (Wildman–Crippen MR) is 110 cm³/mol. The number of nitrogens with one attached hydrogen (secondary N) is 2. The van der Waals surface area contributed by atoms with Crippen molar-refractivity contribution in [2.45, 2.75) is 64.1 Å². The van der Waals surface area contributed by atoms with Crippen molar-refractivity contribution in [1.29, 1.82) is 0 Å². The fraction of sp³-hybridized carbons (Fsp3) is 0.571. The largest absolute Gasteiger partial charge is 0.467 e. The molecular weight excluding hydrogens is 374 g/mol. The molecule has 2 atom stereocenters. The SMILES string of the molecule is COC(=O)[C@H](CCCCN)NC(=O)[C@H](Cc1ccccc1)NC(=O)OC(C)(C)C. The first-order chi connectivity index (χ1) is 13.7. The molecule has 1 aromatic carbocycles. The number of nitrogens with two attached hydrogens (primary N) is 1. The van der Waals surface area contributed by atoms with Gasteiger partial charge in [0.15, 0.2) is 0 Å². The minimum atomic E-state index is -0.908. The van der Waals surface area contributed by atoms with E-state index in [-0.39, 0.29) is 6.42 Å². The monoisotopic (exact) mass is 407 g/mol. The molecule has 4 N–H and O–H groups in total. The van der Waals surface area contributed by atoms with Crippen LogP contribution in [0.15, 0.2) is 30.3 Å². The van der Waals surface area contributed by atoms with Crippen LogP contribution in [0, 0.1) is 0 Å². The van der Waals surface area contributed by atoms with Crippen LogP contribution in [-0.2, 0) is 25.5 Å². The Labute approximate surface area is 172 Å². The summed E-state index contributed by atoms with van der Waals surface area (Å²) in [4.78, 5) is 37.2. The van der Waals surface area contributed by atoms with Gasteiger partial charge in [-0.3, -0.25) is 4.79 Å². The molecule has 0 heterocycles. The van der Waals surface area contributed by atoms with E-state index in [1.807, 2.05) is 30.3 Å². The Kier molecular flexibility index (Phi) is 10.2. The molecule has 2 amide bonds. The average Bonchev–Trinajstić information content (AvgIpc) is 2.65. The summed E-state index contributed by atoms with van der Waals surface area (Å²) in [6, 6.07) is 7.56. The van der Waals surface area contributed by atoms with Crippen LogP contribution in [0.1, 0.15) is 45.6 Å². The van der Waals surface area contributed by atoms with Crippen LogP contribution < -0.4 is 16.4 Å². The summed E-state index contributed by atoms with van der Waals surface area (Å²) in [5.74, 6) is -1.02. The lowest BCUT2D eigenvalue weighted by molar-refractivity contribution is -0.145. The molecule has 162 valence electrons. The van der Waals surface area contributed by atoms with Gasteiger partial charge in [0.05, 0.1) is 7.11 Å². The molecular formula is C21H33N3O5. The quantitative estimate of drug-likeness (QED) is 0.403. The molecule has 0 aliphatic carbocycles. The lowest BCUT2D eigenvalue weighted by Crippen LogP contribution is -2.53. The maximum Gasteiger partial charge on any atom is 0.408 e. The highest BCUT2D eigenvalue weighted by Crippen LogP contribution is 2.10. The zero-order valence-electron chi connectivity index (χ0n) is 17.7. The maximum absolute atomic E-state index is 12.9. The molecule has 0 fully saturated rings. The van der Waals surface area contributed by atoms with Gasteiger partial charge in [-0.1, -0.05) is 30.3 Å². The Balaban J connectivity index is 2.91. The van der Waals surface area contributed by atoms with Gasteiger partial charge in [0.1, 0.15) is 17.7 Å². The molecule has 29 heavy (non-hydrogen) atoms. The van der Waals surface area contributed by atoms with Gasteiger partial charge in [-0.05, 0) is 52.1 Å². The smallest absolute Gasteiger partial charge is 0.408 e. The van der Waals surface area contributed by atoms with Gasteiger partial charge < -0.3 is 25.8 Å². The topological polar surface area (TPSA) is 120 Å². The number of methoxy groups -OCH3 is 1. The molecule has 0 saturated heterocycles. The summed E-state index contributed by atoms with van der Waals surface area (Å²) in [6.07, 6.45) is 1.35. The van der Waals surface area contributed by atoms with Gasteiger partial charge >= 0.3 is 12.1 Å². The average molecular weight is 408 g/mol. The highest BCUT2D eigenvalue weighted by Gasteiger charge is 2.28. The van der Waals surface area contributed by atoms with Crippen LogP contribution >= 0.6 is 0 Å². The van der Waals surface area contributed by atoms with Gasteiger partial charge in [0, 0.05) is 6.42 Å². The van der Waals surface area contributed by atoms with E-state index in [9.17, 15) is 14.4 Å². The predicted octanol–water partition coefficient (Wildman–Crippen LogP) is 1.91. The zero-order chi connectivity index (χ0) is 21.9. The maximum atomic E-state index is 12.9. The molecule has 1 rings (SSSR count). The molecule has 0 aromatic heterocycles. The van der Waals surface area contributed by atoms with Gasteiger partial charge in [-0.25, -0.2) is 9.59 Å². The number of carbonyl (C=O) groups excluding carboxylic acids is 3. The van der Waals surface area contributed by atoms with E-state index >= 15 is 0 Å². The van der Waals surface area contributed by atoms with Crippen LogP contribution in [-0.4, -0.2) is 49.3 Å². The number of amides is 2. The number of unbranched alkanes of at least 4 members (excludes halogenated alkanes) is 1. The Morgan fingerprint density at radius 2 is 1.69 bits per heavy atom. The lowest BCUT2D eigenvalue weighted by atomic mass is 10.0. The normalized spacial score (nSPS) is 13.1. The van der Waals surface area contributed by atoms with Crippen molar-refractivity contribution in [2.24, 2.45) is 5.73 Å². The fourth-order valence-electron chi connectivity index (χ4n) is 2.67. The van der Waals surface area contributed by atoms with E-state index in [0.29, 0.717) is 19.4 Å². The van der Waals surface area contributed by atoms with E-state index in [0.717, 1.165) is 12.0 Å². The Hall–Kier alpha value is -2.61. The summed E-state index contributed by atoms with van der Waals surface area (Å²) in [6.45, 7) is 5.72. The highest BCUT2D eigenvalue weighted by atomic mass is 16.6. The van der Waals surface area contributed by atoms with Gasteiger partial charge in [0.2, 0.25) is 5.91 Å². The van der Waals surface area contributed by atoms with Gasteiger partial charge in [-0.2, -0.15) is 0 Å². The van der Waals surface area contributed by atoms with Crippen LogP contribution in [0.5, 0.6) is 0 Å². The minimum absolute atomic E-state index is 0.253. The first-order valence-electron chi connectivity index (χ1n) is 9.78. The van der Waals surface area contributed by atoms with Crippen LogP contribution in [0.3, 0.4) is 0 Å². The van der Waals surface area contributed by atoms with Crippen molar-refractivity contribution in [2.75, 3.05) is 13.7 Å². The summed E-state index contributed by atoms with van der Waals surface area (Å²) in [7, 11) is 1.27. The molecule has 0 aliphatic heterocycles. The second-order valence-corrected chi connectivity index (χ2v) is 7.76. The lowest BCUT2D eigenvalue weighted by Gasteiger charge is -2.25. The summed E-state index contributed by atoms with van der Waals surface area (Å²) in [5.41, 5.74) is 5.66. The second-order valence-electron chi connectivity index (χ2n) is 7.76. The molecule has 0 unspecified atom stereocenters. The summed E-state index contributed by atoms with van der Waals surface area (Å²) in [5, 5.41) is 5.30. The molecule has 0 radical (unpaired) electrons. The number of alkyl carbamates (subject to hydrolysis) is 1. The number of rotatable bonds is 10. The summed E-state index contributed by atoms with van der Waals surface area (Å²) < 4.78 is 10.1. The Bertz CT molecular complexity index is 658. The number of hydrogen-bond donors (Lipinski definition) is 3. The number of esters is 1. The Morgan fingerprint density at radius 3 is 2.24 bits per heavy atom. The highest BCUT2D eigenvalue weighted by molar-refractivity contribution is 5.89. The molecule has 8 heteroatoms. The van der Waals surface area contributed by atoms with E-state index in [1.54, 1.807) is 20.8 Å². The molecule has 0 spiro atoms. The van der Waals surface area contributed by atoms with E-state index in [1.165, 1.54) is 7.11 Å². The summed E-state index contributed by atoms with van der Waals surface area (Å²) >= 11 is 0. The standard InChI is InChI=1S/C21H33N3O5/c1-21(2,3)29-20(27)24-17(14-15-10-6-5-7-11-15)18(25)23-16(19(26)28-4)12-8-9-13-22/h5-7,10-11,16-17H,8-9,12-14,22H2,1-4H3,(H,23,25)(H,24,27)/t16-,17-/m0/s1. The molecule has 8 nitrogen and oxygen atoms in total. The molecule has 1 aromatic rings. The Morgan fingerprint density at radius 1 is 1.03 bits per heavy atom. The fourth-order valence-corrected chi connectivity index (χ4v) is 2.67. The van der Waals surface area contributed by atoms with Crippen molar-refractivity contribution in [3.05, 3.63) is 35.9 Å². The van der Waals surface area contributed by atoms with Crippen LogP contribution in [0.2, 0.25) is 0 Å². The third kappa shape index (κ3) is 9.94. The first-order valence-corrected chi connectivity index (χ1v) is 9.78. The number of hydrogen-bond acceptors (Lipinski definition) is 6. The van der Waals surface area contributed by atoms with Crippen molar-refractivity contribution in [3.8, 4) is 0 Å². The molecule has 0 aliphatic rings. The number of carbonyl (C=O) groups is 3. The zero-order valence-corrected chi connectivity index (χ0v) is 17.7. The van der Waals surface area contributed by atoms with Crippen LogP contribution in [0.25, 0.3) is 0 Å². The second kappa shape index (κ2) is 12.1. The molecule has 0 saturated carbocycles. The van der Waals surface area contributed by atoms with Crippen molar-refractivity contribution >= 4 is 18.0 Å².